The Morgan fingerprint density at radius 1 is 0.974 bits per heavy atom. The number of carbonyl (C=O) groups is 2. The molecule has 0 aromatic heterocycles. The van der Waals surface area contributed by atoms with Crippen LogP contribution < -0.4 is 9.47 Å². The third kappa shape index (κ3) is 6.95. The van der Waals surface area contributed by atoms with Crippen molar-refractivity contribution < 1.29 is 23.8 Å². The van der Waals surface area contributed by atoms with Crippen LogP contribution >= 0.6 is 35.0 Å². The zero-order chi connectivity index (χ0) is 27.9. The molecule has 3 aromatic carbocycles. The Kier molecular flexibility index (Phi) is 9.56. The molecule has 1 saturated heterocycles. The lowest BCUT2D eigenvalue weighted by Gasteiger charge is -2.13. The third-order valence-electron chi connectivity index (χ3n) is 5.66. The normalized spacial score (nSPS) is 15.2. The average molecular weight is 586 g/mol. The lowest BCUT2D eigenvalue weighted by atomic mass is 10.1. The zero-order valence-electron chi connectivity index (χ0n) is 21.6. The van der Waals surface area contributed by atoms with E-state index in [0.29, 0.717) is 56.0 Å². The number of halogens is 2. The SMILES string of the molecule is CCOc1cc(/C=C2/SC(=Nc3ccc(C(=O)OC)cc3)N(CC)C2=O)ccc1OCc1ccc(Cl)c(Cl)c1. The largest absolute Gasteiger partial charge is 0.490 e. The second-order valence-electron chi connectivity index (χ2n) is 8.27. The van der Waals surface area contributed by atoms with Gasteiger partial charge in [-0.05, 0) is 91.3 Å². The number of nitrogens with zero attached hydrogens (tertiary/aromatic N) is 2. The number of rotatable bonds is 9. The Morgan fingerprint density at radius 2 is 1.74 bits per heavy atom. The van der Waals surface area contributed by atoms with Crippen LogP contribution in [0, 0.1) is 0 Å². The number of amides is 1. The van der Waals surface area contributed by atoms with Gasteiger partial charge in [-0.3, -0.25) is 9.69 Å². The first kappa shape index (κ1) is 28.5. The maximum absolute atomic E-state index is 13.1. The summed E-state index contributed by atoms with van der Waals surface area (Å²) >= 11 is 13.4. The van der Waals surface area contributed by atoms with Gasteiger partial charge in [0, 0.05) is 6.54 Å². The number of amidine groups is 1. The minimum Gasteiger partial charge on any atom is -0.490 e. The molecule has 1 amide bonds. The minimum atomic E-state index is -0.419. The lowest BCUT2D eigenvalue weighted by Crippen LogP contribution is -2.28. The Bertz CT molecular complexity index is 1440. The molecule has 39 heavy (non-hydrogen) atoms. The second-order valence-corrected chi connectivity index (χ2v) is 10.1. The van der Waals surface area contributed by atoms with E-state index in [9.17, 15) is 9.59 Å². The van der Waals surface area contributed by atoms with Crippen LogP contribution in [0.5, 0.6) is 11.5 Å². The van der Waals surface area contributed by atoms with Crippen molar-refractivity contribution in [1.29, 1.82) is 0 Å². The van der Waals surface area contributed by atoms with Crippen LogP contribution in [0.25, 0.3) is 6.08 Å². The first-order chi connectivity index (χ1) is 18.8. The van der Waals surface area contributed by atoms with Crippen molar-refractivity contribution in [3.63, 3.8) is 0 Å². The highest BCUT2D eigenvalue weighted by atomic mass is 35.5. The summed E-state index contributed by atoms with van der Waals surface area (Å²) in [7, 11) is 1.33. The fourth-order valence-corrected chi connectivity index (χ4v) is 5.10. The van der Waals surface area contributed by atoms with Crippen molar-refractivity contribution in [1.82, 2.24) is 4.90 Å². The molecule has 0 spiro atoms. The highest BCUT2D eigenvalue weighted by Crippen LogP contribution is 2.36. The van der Waals surface area contributed by atoms with Crippen molar-refractivity contribution in [2.24, 2.45) is 4.99 Å². The molecular formula is C29H26Cl2N2O5S. The predicted molar refractivity (Wildman–Crippen MR) is 156 cm³/mol. The van der Waals surface area contributed by atoms with E-state index in [1.54, 1.807) is 41.3 Å². The minimum absolute atomic E-state index is 0.134. The van der Waals surface area contributed by atoms with Crippen molar-refractivity contribution in [3.05, 3.63) is 92.3 Å². The topological polar surface area (TPSA) is 77.4 Å². The van der Waals surface area contributed by atoms with Crippen LogP contribution in [0.2, 0.25) is 10.0 Å². The average Bonchev–Trinajstić information content (AvgIpc) is 3.23. The van der Waals surface area contributed by atoms with E-state index >= 15 is 0 Å². The molecule has 1 aliphatic rings. The summed E-state index contributed by atoms with van der Waals surface area (Å²) in [5, 5.41) is 1.51. The summed E-state index contributed by atoms with van der Waals surface area (Å²) in [6.07, 6.45) is 1.81. The van der Waals surface area contributed by atoms with Crippen LogP contribution in [0.3, 0.4) is 0 Å². The van der Waals surface area contributed by atoms with Gasteiger partial charge in [0.1, 0.15) is 6.61 Å². The van der Waals surface area contributed by atoms with Crippen LogP contribution in [-0.4, -0.2) is 42.2 Å². The van der Waals surface area contributed by atoms with E-state index in [2.05, 4.69) is 4.99 Å². The van der Waals surface area contributed by atoms with Crippen molar-refractivity contribution in [3.8, 4) is 11.5 Å². The highest BCUT2D eigenvalue weighted by molar-refractivity contribution is 8.18. The molecule has 0 radical (unpaired) electrons. The molecule has 7 nitrogen and oxygen atoms in total. The van der Waals surface area contributed by atoms with Crippen LogP contribution in [-0.2, 0) is 16.1 Å². The monoisotopic (exact) mass is 584 g/mol. The molecule has 0 unspecified atom stereocenters. The Morgan fingerprint density at radius 3 is 2.41 bits per heavy atom. The van der Waals surface area contributed by atoms with Crippen molar-refractivity contribution >= 4 is 63.8 Å². The molecule has 0 saturated carbocycles. The number of carbonyl (C=O) groups excluding carboxylic acids is 2. The molecule has 1 heterocycles. The highest BCUT2D eigenvalue weighted by Gasteiger charge is 2.32. The fraction of sp³-hybridized carbons (Fsp3) is 0.207. The van der Waals surface area contributed by atoms with Gasteiger partial charge in [0.2, 0.25) is 0 Å². The number of aliphatic imine (C=N–C) groups is 1. The standard InChI is InChI=1S/C29H26Cl2N2O5S/c1-4-33-27(34)26(39-29(33)32-21-10-8-20(9-11-21)28(35)36-3)16-18-7-13-24(25(15-18)37-5-2)38-17-19-6-12-22(30)23(31)14-19/h6-16H,4-5,17H2,1-3H3/b26-16+,32-29?. The quantitative estimate of drug-likeness (QED) is 0.193. The first-order valence-corrected chi connectivity index (χ1v) is 13.7. The summed E-state index contributed by atoms with van der Waals surface area (Å²) < 4.78 is 16.5. The number of esters is 1. The van der Waals surface area contributed by atoms with Gasteiger partial charge in [-0.15, -0.1) is 0 Å². The molecule has 3 aromatic rings. The number of benzene rings is 3. The maximum atomic E-state index is 13.1. The lowest BCUT2D eigenvalue weighted by molar-refractivity contribution is -0.122. The number of thioether (sulfide) groups is 1. The van der Waals surface area contributed by atoms with Crippen LogP contribution in [0.4, 0.5) is 5.69 Å². The van der Waals surface area contributed by atoms with Gasteiger partial charge in [-0.2, -0.15) is 0 Å². The Hall–Kier alpha value is -3.46. The van der Waals surface area contributed by atoms with E-state index in [4.69, 9.17) is 37.4 Å². The fourth-order valence-electron chi connectivity index (χ4n) is 3.71. The van der Waals surface area contributed by atoms with Crippen LogP contribution in [0.15, 0.2) is 70.6 Å². The molecule has 202 valence electrons. The number of hydrogen-bond acceptors (Lipinski definition) is 7. The smallest absolute Gasteiger partial charge is 0.337 e. The summed E-state index contributed by atoms with van der Waals surface area (Å²) in [6.45, 7) is 4.99. The third-order valence-corrected chi connectivity index (χ3v) is 7.41. The van der Waals surface area contributed by atoms with Gasteiger partial charge in [-0.25, -0.2) is 9.79 Å². The number of ether oxygens (including phenoxy) is 3. The number of methoxy groups -OCH3 is 1. The Balaban J connectivity index is 1.54. The van der Waals surface area contributed by atoms with E-state index in [1.807, 2.05) is 44.2 Å². The van der Waals surface area contributed by atoms with E-state index in [0.717, 1.165) is 11.1 Å². The summed E-state index contributed by atoms with van der Waals surface area (Å²) in [4.78, 5) is 31.6. The van der Waals surface area contributed by atoms with Gasteiger partial charge >= 0.3 is 5.97 Å². The van der Waals surface area contributed by atoms with Crippen molar-refractivity contribution in [2.75, 3.05) is 20.3 Å². The van der Waals surface area contributed by atoms with Crippen LogP contribution in [0.1, 0.15) is 35.3 Å². The van der Waals surface area contributed by atoms with Gasteiger partial charge < -0.3 is 14.2 Å². The predicted octanol–water partition coefficient (Wildman–Crippen LogP) is 7.38. The summed E-state index contributed by atoms with van der Waals surface area (Å²) in [6, 6.07) is 17.6. The van der Waals surface area contributed by atoms with E-state index < -0.39 is 5.97 Å². The second kappa shape index (κ2) is 13.1. The van der Waals surface area contributed by atoms with E-state index in [1.165, 1.54) is 18.9 Å². The molecule has 10 heteroatoms. The molecule has 1 aliphatic heterocycles. The molecular weight excluding hydrogens is 559 g/mol. The summed E-state index contributed by atoms with van der Waals surface area (Å²) in [5.41, 5.74) is 2.71. The van der Waals surface area contributed by atoms with Crippen molar-refractivity contribution in [2.45, 2.75) is 20.5 Å². The van der Waals surface area contributed by atoms with Gasteiger partial charge in [0.15, 0.2) is 16.7 Å². The van der Waals surface area contributed by atoms with Gasteiger partial charge in [0.25, 0.3) is 5.91 Å². The molecule has 0 bridgehead atoms. The maximum Gasteiger partial charge on any atom is 0.337 e. The molecule has 1 fully saturated rings. The van der Waals surface area contributed by atoms with Gasteiger partial charge in [-0.1, -0.05) is 35.3 Å². The van der Waals surface area contributed by atoms with E-state index in [-0.39, 0.29) is 12.5 Å². The van der Waals surface area contributed by atoms with Gasteiger partial charge in [0.05, 0.1) is 39.9 Å². The molecule has 0 N–H and O–H groups in total. The number of likely N-dealkylation sites (N-methyl/N-ethyl adjacent to an activating group) is 1. The Labute approximate surface area is 241 Å². The molecule has 4 rings (SSSR count). The first-order valence-electron chi connectivity index (χ1n) is 12.1. The zero-order valence-corrected chi connectivity index (χ0v) is 23.9. The molecule has 0 atom stereocenters. The summed E-state index contributed by atoms with van der Waals surface area (Å²) in [5.74, 6) is 0.584. The molecule has 0 aliphatic carbocycles. The number of hydrogen-bond donors (Lipinski definition) is 0.